The van der Waals surface area contributed by atoms with E-state index in [-0.39, 0.29) is 12.4 Å². The van der Waals surface area contributed by atoms with Gasteiger partial charge in [-0.2, -0.15) is 13.2 Å². The van der Waals surface area contributed by atoms with E-state index < -0.39 is 11.7 Å². The SMILES string of the molecule is COc1cc(OCc2ccc(C(F)(F)F)cc2)ccc1C(C)=O. The lowest BCUT2D eigenvalue weighted by Crippen LogP contribution is -2.05. The normalized spacial score (nSPS) is 11.2. The zero-order valence-corrected chi connectivity index (χ0v) is 12.6. The zero-order chi connectivity index (χ0) is 17.0. The molecule has 0 amide bonds. The molecule has 3 nitrogen and oxygen atoms in total. The predicted molar refractivity (Wildman–Crippen MR) is 78.8 cm³/mol. The maximum atomic E-state index is 12.5. The van der Waals surface area contributed by atoms with Crippen LogP contribution in [0.15, 0.2) is 42.5 Å². The smallest absolute Gasteiger partial charge is 0.416 e. The van der Waals surface area contributed by atoms with Gasteiger partial charge in [0.1, 0.15) is 18.1 Å². The second-order valence-corrected chi connectivity index (χ2v) is 4.90. The van der Waals surface area contributed by atoms with Crippen molar-refractivity contribution < 1.29 is 27.4 Å². The van der Waals surface area contributed by atoms with Gasteiger partial charge in [-0.1, -0.05) is 12.1 Å². The Morgan fingerprint density at radius 1 is 1.09 bits per heavy atom. The quantitative estimate of drug-likeness (QED) is 0.760. The van der Waals surface area contributed by atoms with Crippen LogP contribution in [0.5, 0.6) is 11.5 Å². The third-order valence-corrected chi connectivity index (χ3v) is 3.24. The molecule has 0 radical (unpaired) electrons. The Labute approximate surface area is 131 Å². The number of carbonyl (C=O) groups is 1. The average Bonchev–Trinajstić information content (AvgIpc) is 2.52. The number of carbonyl (C=O) groups excluding carboxylic acids is 1. The van der Waals surface area contributed by atoms with Crippen LogP contribution in [0, 0.1) is 0 Å². The Hall–Kier alpha value is -2.50. The Morgan fingerprint density at radius 3 is 2.26 bits per heavy atom. The highest BCUT2D eigenvalue weighted by Crippen LogP contribution is 2.29. The number of hydrogen-bond acceptors (Lipinski definition) is 3. The van der Waals surface area contributed by atoms with E-state index in [2.05, 4.69) is 0 Å². The number of ketones is 1. The molecule has 23 heavy (non-hydrogen) atoms. The molecule has 2 aromatic rings. The Kier molecular flexibility index (Phi) is 4.93. The molecule has 2 rings (SSSR count). The van der Waals surface area contributed by atoms with Crippen molar-refractivity contribution >= 4 is 5.78 Å². The molecule has 0 atom stereocenters. The largest absolute Gasteiger partial charge is 0.496 e. The number of hydrogen-bond donors (Lipinski definition) is 0. The van der Waals surface area contributed by atoms with E-state index in [0.29, 0.717) is 22.6 Å². The van der Waals surface area contributed by atoms with Crippen molar-refractivity contribution in [1.82, 2.24) is 0 Å². The van der Waals surface area contributed by atoms with Crippen LogP contribution in [0.3, 0.4) is 0 Å². The summed E-state index contributed by atoms with van der Waals surface area (Å²) < 4.78 is 48.1. The molecule has 0 unspecified atom stereocenters. The fraction of sp³-hybridized carbons (Fsp3) is 0.235. The molecule has 0 aromatic heterocycles. The number of methoxy groups -OCH3 is 1. The highest BCUT2D eigenvalue weighted by atomic mass is 19.4. The van der Waals surface area contributed by atoms with Crippen LogP contribution in [0.25, 0.3) is 0 Å². The number of rotatable bonds is 5. The topological polar surface area (TPSA) is 35.5 Å². The third-order valence-electron chi connectivity index (χ3n) is 3.24. The molecule has 0 fully saturated rings. The van der Waals surface area contributed by atoms with Crippen LogP contribution < -0.4 is 9.47 Å². The van der Waals surface area contributed by atoms with Crippen molar-refractivity contribution in [1.29, 1.82) is 0 Å². The minimum absolute atomic E-state index is 0.112. The van der Waals surface area contributed by atoms with E-state index in [0.717, 1.165) is 12.1 Å². The second-order valence-electron chi connectivity index (χ2n) is 4.90. The molecule has 6 heteroatoms. The maximum absolute atomic E-state index is 12.5. The summed E-state index contributed by atoms with van der Waals surface area (Å²) in [6.45, 7) is 1.54. The fourth-order valence-electron chi connectivity index (χ4n) is 2.01. The van der Waals surface area contributed by atoms with Crippen LogP contribution in [0.2, 0.25) is 0 Å². The molecule has 0 aliphatic carbocycles. The third kappa shape index (κ3) is 4.25. The second kappa shape index (κ2) is 6.73. The first kappa shape index (κ1) is 16.9. The van der Waals surface area contributed by atoms with Crippen LogP contribution in [0.1, 0.15) is 28.4 Å². The summed E-state index contributed by atoms with van der Waals surface area (Å²) in [6.07, 6.45) is -4.35. The molecule has 0 N–H and O–H groups in total. The minimum atomic E-state index is -4.35. The summed E-state index contributed by atoms with van der Waals surface area (Å²) in [5.74, 6) is 0.727. The molecule has 2 aromatic carbocycles. The van der Waals surface area contributed by atoms with Gasteiger partial charge < -0.3 is 9.47 Å². The molecule has 0 spiro atoms. The molecule has 0 saturated heterocycles. The Morgan fingerprint density at radius 2 is 1.74 bits per heavy atom. The maximum Gasteiger partial charge on any atom is 0.416 e. The van der Waals surface area contributed by atoms with Gasteiger partial charge in [0.15, 0.2) is 5.78 Å². The van der Waals surface area contributed by atoms with Gasteiger partial charge in [-0.25, -0.2) is 0 Å². The van der Waals surface area contributed by atoms with Crippen LogP contribution in [-0.4, -0.2) is 12.9 Å². The van der Waals surface area contributed by atoms with Crippen LogP contribution in [0.4, 0.5) is 13.2 Å². The van der Waals surface area contributed by atoms with Crippen molar-refractivity contribution in [3.05, 3.63) is 59.2 Å². The van der Waals surface area contributed by atoms with Crippen molar-refractivity contribution in [2.75, 3.05) is 7.11 Å². The highest BCUT2D eigenvalue weighted by Gasteiger charge is 2.29. The Balaban J connectivity index is 2.07. The molecule has 0 heterocycles. The summed E-state index contributed by atoms with van der Waals surface area (Å²) in [6, 6.07) is 9.53. The zero-order valence-electron chi connectivity index (χ0n) is 12.6. The van der Waals surface area contributed by atoms with Gasteiger partial charge in [0.05, 0.1) is 18.2 Å². The van der Waals surface area contributed by atoms with E-state index in [4.69, 9.17) is 9.47 Å². The first-order valence-electron chi connectivity index (χ1n) is 6.79. The highest BCUT2D eigenvalue weighted by molar-refractivity contribution is 5.97. The fourth-order valence-corrected chi connectivity index (χ4v) is 2.01. The molecule has 122 valence electrons. The molecular weight excluding hydrogens is 309 g/mol. The van der Waals surface area contributed by atoms with Crippen molar-refractivity contribution in [3.8, 4) is 11.5 Å². The van der Waals surface area contributed by atoms with Crippen molar-refractivity contribution in [2.45, 2.75) is 19.7 Å². The molecule has 0 saturated carbocycles. The predicted octanol–water partition coefficient (Wildman–Crippen LogP) is 4.50. The lowest BCUT2D eigenvalue weighted by molar-refractivity contribution is -0.137. The number of ether oxygens (including phenoxy) is 2. The summed E-state index contributed by atoms with van der Waals surface area (Å²) in [7, 11) is 1.45. The Bertz CT molecular complexity index is 691. The summed E-state index contributed by atoms with van der Waals surface area (Å²) in [5.41, 5.74) is 0.343. The van der Waals surface area contributed by atoms with E-state index in [1.54, 1.807) is 18.2 Å². The van der Waals surface area contributed by atoms with Crippen LogP contribution in [-0.2, 0) is 12.8 Å². The molecule has 0 bridgehead atoms. The first-order valence-corrected chi connectivity index (χ1v) is 6.79. The van der Waals surface area contributed by atoms with E-state index in [9.17, 15) is 18.0 Å². The minimum Gasteiger partial charge on any atom is -0.496 e. The van der Waals surface area contributed by atoms with Crippen LogP contribution >= 0.6 is 0 Å². The average molecular weight is 324 g/mol. The number of alkyl halides is 3. The van der Waals surface area contributed by atoms with Gasteiger partial charge in [0.25, 0.3) is 0 Å². The van der Waals surface area contributed by atoms with E-state index >= 15 is 0 Å². The summed E-state index contributed by atoms with van der Waals surface area (Å²) in [4.78, 5) is 11.4. The number of halogens is 3. The van der Waals surface area contributed by atoms with E-state index in [1.165, 1.54) is 26.2 Å². The summed E-state index contributed by atoms with van der Waals surface area (Å²) >= 11 is 0. The van der Waals surface area contributed by atoms with E-state index in [1.807, 2.05) is 0 Å². The van der Waals surface area contributed by atoms with Gasteiger partial charge in [0, 0.05) is 6.07 Å². The number of benzene rings is 2. The number of Topliss-reactive ketones (excluding diaryl/α,β-unsaturated/α-hetero) is 1. The standard InChI is InChI=1S/C17H15F3O3/c1-11(21)15-8-7-14(9-16(15)22-2)23-10-12-3-5-13(6-4-12)17(18,19)20/h3-9H,10H2,1-2H3. The van der Waals surface area contributed by atoms with Gasteiger partial charge in [0.2, 0.25) is 0 Å². The van der Waals surface area contributed by atoms with Crippen molar-refractivity contribution in [3.63, 3.8) is 0 Å². The first-order chi connectivity index (χ1) is 10.8. The van der Waals surface area contributed by atoms with Crippen molar-refractivity contribution in [2.24, 2.45) is 0 Å². The molecule has 0 aliphatic heterocycles. The monoisotopic (exact) mass is 324 g/mol. The summed E-state index contributed by atoms with van der Waals surface area (Å²) in [5, 5.41) is 0. The van der Waals surface area contributed by atoms with Gasteiger partial charge in [-0.15, -0.1) is 0 Å². The lowest BCUT2D eigenvalue weighted by Gasteiger charge is -2.11. The van der Waals surface area contributed by atoms with Gasteiger partial charge >= 0.3 is 6.18 Å². The van der Waals surface area contributed by atoms with Gasteiger partial charge in [-0.3, -0.25) is 4.79 Å². The molecule has 0 aliphatic rings. The lowest BCUT2D eigenvalue weighted by atomic mass is 10.1. The van der Waals surface area contributed by atoms with Gasteiger partial charge in [-0.05, 0) is 36.8 Å². The molecular formula is C17H15F3O3.